The van der Waals surface area contributed by atoms with Gasteiger partial charge in [-0.2, -0.15) is 0 Å². The van der Waals surface area contributed by atoms with Crippen LogP contribution in [0, 0.1) is 0 Å². The predicted molar refractivity (Wildman–Crippen MR) is 87.0 cm³/mol. The topological polar surface area (TPSA) is 34.1 Å². The molecule has 0 radical (unpaired) electrons. The van der Waals surface area contributed by atoms with Crippen LogP contribution >= 0.6 is 11.6 Å². The maximum Gasteiger partial charge on any atom is 0.124 e. The molecule has 1 atom stereocenters. The molecule has 0 aliphatic rings. The fourth-order valence-electron chi connectivity index (χ4n) is 2.23. The number of nitrogens with one attached hydrogen (secondary N) is 1. The molecule has 0 aliphatic carbocycles. The van der Waals surface area contributed by atoms with Crippen LogP contribution in [0.15, 0.2) is 42.7 Å². The second-order valence-corrected chi connectivity index (χ2v) is 5.36. The van der Waals surface area contributed by atoms with Crippen molar-refractivity contribution in [2.24, 2.45) is 0 Å². The van der Waals surface area contributed by atoms with Crippen molar-refractivity contribution in [1.29, 1.82) is 0 Å². The summed E-state index contributed by atoms with van der Waals surface area (Å²) < 4.78 is 5.94. The Morgan fingerprint density at radius 3 is 2.90 bits per heavy atom. The van der Waals surface area contributed by atoms with Crippen LogP contribution in [0.3, 0.4) is 0 Å². The molecule has 4 heteroatoms. The molecule has 1 N–H and O–H groups in total. The molecule has 1 heterocycles. The molecule has 2 aromatic rings. The third kappa shape index (κ3) is 4.73. The SMILES string of the molecule is CCNC(C)c1cc(Cl)ccc1OCCc1cccnc1. The summed E-state index contributed by atoms with van der Waals surface area (Å²) in [6.45, 7) is 5.73. The van der Waals surface area contributed by atoms with Crippen LogP contribution in [0.4, 0.5) is 0 Å². The minimum absolute atomic E-state index is 0.210. The molecule has 3 nitrogen and oxygen atoms in total. The van der Waals surface area contributed by atoms with E-state index in [9.17, 15) is 0 Å². The average molecular weight is 305 g/mol. The van der Waals surface area contributed by atoms with E-state index in [2.05, 4.69) is 30.2 Å². The quantitative estimate of drug-likeness (QED) is 0.838. The minimum Gasteiger partial charge on any atom is -0.493 e. The van der Waals surface area contributed by atoms with Crippen molar-refractivity contribution in [3.05, 3.63) is 58.9 Å². The summed E-state index contributed by atoms with van der Waals surface area (Å²) in [5.41, 5.74) is 2.27. The number of rotatable bonds is 7. The van der Waals surface area contributed by atoms with Crippen molar-refractivity contribution >= 4 is 11.6 Å². The van der Waals surface area contributed by atoms with Gasteiger partial charge in [0, 0.05) is 35.4 Å². The zero-order valence-electron chi connectivity index (χ0n) is 12.5. The van der Waals surface area contributed by atoms with Crippen LogP contribution in [0.1, 0.15) is 31.0 Å². The Morgan fingerprint density at radius 2 is 2.19 bits per heavy atom. The van der Waals surface area contributed by atoms with E-state index in [-0.39, 0.29) is 6.04 Å². The lowest BCUT2D eigenvalue weighted by Crippen LogP contribution is -2.18. The molecule has 112 valence electrons. The van der Waals surface area contributed by atoms with Crippen LogP contribution in [-0.2, 0) is 6.42 Å². The molecule has 1 aromatic carbocycles. The number of ether oxygens (including phenoxy) is 1. The number of aromatic nitrogens is 1. The summed E-state index contributed by atoms with van der Waals surface area (Å²) >= 11 is 6.10. The Kier molecular flexibility index (Phi) is 6.03. The minimum atomic E-state index is 0.210. The first kappa shape index (κ1) is 15.8. The van der Waals surface area contributed by atoms with E-state index in [0.29, 0.717) is 6.61 Å². The Balaban J connectivity index is 2.02. The molecule has 0 saturated carbocycles. The molecule has 0 bridgehead atoms. The van der Waals surface area contributed by atoms with E-state index < -0.39 is 0 Å². The van der Waals surface area contributed by atoms with Gasteiger partial charge in [0.25, 0.3) is 0 Å². The van der Waals surface area contributed by atoms with Gasteiger partial charge in [-0.3, -0.25) is 4.98 Å². The molecule has 0 aliphatic heterocycles. The lowest BCUT2D eigenvalue weighted by atomic mass is 10.1. The highest BCUT2D eigenvalue weighted by atomic mass is 35.5. The smallest absolute Gasteiger partial charge is 0.124 e. The molecule has 21 heavy (non-hydrogen) atoms. The first-order valence-corrected chi connectivity index (χ1v) is 7.63. The molecular weight excluding hydrogens is 284 g/mol. The van der Waals surface area contributed by atoms with E-state index in [1.54, 1.807) is 6.20 Å². The van der Waals surface area contributed by atoms with Crippen molar-refractivity contribution in [3.8, 4) is 5.75 Å². The summed E-state index contributed by atoms with van der Waals surface area (Å²) in [6, 6.07) is 9.98. The number of hydrogen-bond donors (Lipinski definition) is 1. The van der Waals surface area contributed by atoms with Crippen LogP contribution in [0.2, 0.25) is 5.02 Å². The Labute approximate surface area is 131 Å². The third-order valence-corrected chi connectivity index (χ3v) is 3.55. The second kappa shape index (κ2) is 8.01. The van der Waals surface area contributed by atoms with Crippen LogP contribution in [0.25, 0.3) is 0 Å². The first-order valence-electron chi connectivity index (χ1n) is 7.25. The molecule has 0 spiro atoms. The maximum atomic E-state index is 6.10. The monoisotopic (exact) mass is 304 g/mol. The van der Waals surface area contributed by atoms with Gasteiger partial charge in [0.15, 0.2) is 0 Å². The molecule has 0 saturated heterocycles. The fraction of sp³-hybridized carbons (Fsp3) is 0.353. The van der Waals surface area contributed by atoms with Gasteiger partial charge in [-0.15, -0.1) is 0 Å². The normalized spacial score (nSPS) is 12.1. The van der Waals surface area contributed by atoms with Crippen molar-refractivity contribution < 1.29 is 4.74 Å². The van der Waals surface area contributed by atoms with Crippen molar-refractivity contribution in [1.82, 2.24) is 10.3 Å². The van der Waals surface area contributed by atoms with Gasteiger partial charge in [0.2, 0.25) is 0 Å². The van der Waals surface area contributed by atoms with Gasteiger partial charge >= 0.3 is 0 Å². The molecule has 2 rings (SSSR count). The molecule has 1 unspecified atom stereocenters. The van der Waals surface area contributed by atoms with Crippen LogP contribution in [-0.4, -0.2) is 18.1 Å². The molecular formula is C17H21ClN2O. The molecule has 0 amide bonds. The fourth-order valence-corrected chi connectivity index (χ4v) is 2.41. The highest BCUT2D eigenvalue weighted by Gasteiger charge is 2.11. The Morgan fingerprint density at radius 1 is 1.33 bits per heavy atom. The van der Waals surface area contributed by atoms with E-state index in [1.165, 1.54) is 5.56 Å². The zero-order chi connectivity index (χ0) is 15.1. The van der Waals surface area contributed by atoms with Gasteiger partial charge < -0.3 is 10.1 Å². The standard InChI is InChI=1S/C17H21ClN2O/c1-3-20-13(2)16-11-15(18)6-7-17(16)21-10-8-14-5-4-9-19-12-14/h4-7,9,11-13,20H,3,8,10H2,1-2H3. The number of hydrogen-bond acceptors (Lipinski definition) is 3. The number of halogens is 1. The summed E-state index contributed by atoms with van der Waals surface area (Å²) in [7, 11) is 0. The predicted octanol–water partition coefficient (Wildman–Crippen LogP) is 4.03. The van der Waals surface area contributed by atoms with E-state index in [1.807, 2.05) is 30.5 Å². The highest BCUT2D eigenvalue weighted by molar-refractivity contribution is 6.30. The van der Waals surface area contributed by atoms with Crippen LogP contribution < -0.4 is 10.1 Å². The zero-order valence-corrected chi connectivity index (χ0v) is 13.2. The summed E-state index contributed by atoms with van der Waals surface area (Å²) in [5, 5.41) is 4.12. The number of pyridine rings is 1. The Bertz CT molecular complexity index is 560. The van der Waals surface area contributed by atoms with Crippen LogP contribution in [0.5, 0.6) is 5.75 Å². The van der Waals surface area contributed by atoms with E-state index >= 15 is 0 Å². The van der Waals surface area contributed by atoms with Crippen molar-refractivity contribution in [3.63, 3.8) is 0 Å². The lowest BCUT2D eigenvalue weighted by Gasteiger charge is -2.18. The van der Waals surface area contributed by atoms with E-state index in [0.717, 1.165) is 29.3 Å². The largest absolute Gasteiger partial charge is 0.493 e. The van der Waals surface area contributed by atoms with Gasteiger partial charge in [-0.25, -0.2) is 0 Å². The molecule has 1 aromatic heterocycles. The summed E-state index contributed by atoms with van der Waals surface area (Å²) in [6.07, 6.45) is 4.48. The number of nitrogens with zero attached hydrogens (tertiary/aromatic N) is 1. The second-order valence-electron chi connectivity index (χ2n) is 4.92. The Hall–Kier alpha value is -1.58. The van der Waals surface area contributed by atoms with Gasteiger partial charge in [-0.1, -0.05) is 24.6 Å². The summed E-state index contributed by atoms with van der Waals surface area (Å²) in [4.78, 5) is 4.11. The number of benzene rings is 1. The first-order chi connectivity index (χ1) is 10.2. The highest BCUT2D eigenvalue weighted by Crippen LogP contribution is 2.28. The van der Waals surface area contributed by atoms with Gasteiger partial charge in [-0.05, 0) is 43.3 Å². The lowest BCUT2D eigenvalue weighted by molar-refractivity contribution is 0.315. The van der Waals surface area contributed by atoms with Gasteiger partial charge in [0.05, 0.1) is 6.61 Å². The van der Waals surface area contributed by atoms with Crippen molar-refractivity contribution in [2.45, 2.75) is 26.3 Å². The molecule has 0 fully saturated rings. The van der Waals surface area contributed by atoms with Crippen molar-refractivity contribution in [2.75, 3.05) is 13.2 Å². The maximum absolute atomic E-state index is 6.10. The van der Waals surface area contributed by atoms with E-state index in [4.69, 9.17) is 16.3 Å². The summed E-state index contributed by atoms with van der Waals surface area (Å²) in [5.74, 6) is 0.886. The third-order valence-electron chi connectivity index (χ3n) is 3.32. The van der Waals surface area contributed by atoms with Gasteiger partial charge in [0.1, 0.15) is 5.75 Å². The average Bonchev–Trinajstić information content (AvgIpc) is 2.50.